The van der Waals surface area contributed by atoms with Crippen molar-refractivity contribution in [2.45, 2.75) is 32.5 Å². The van der Waals surface area contributed by atoms with Crippen LogP contribution in [0.25, 0.3) is 0 Å². The number of benzene rings is 1. The van der Waals surface area contributed by atoms with Crippen LogP contribution in [0.1, 0.15) is 25.3 Å². The van der Waals surface area contributed by atoms with Gasteiger partial charge in [0.2, 0.25) is 5.91 Å². The van der Waals surface area contributed by atoms with E-state index < -0.39 is 0 Å². The summed E-state index contributed by atoms with van der Waals surface area (Å²) in [6.45, 7) is 3.96. The molecule has 0 spiro atoms. The number of piperidine rings is 1. The predicted molar refractivity (Wildman–Crippen MR) is 66.5 cm³/mol. The second kappa shape index (κ2) is 5.82. The fourth-order valence-electron chi connectivity index (χ4n) is 2.13. The Bertz CT molecular complexity index is 356. The first-order chi connectivity index (χ1) is 8.25. The monoisotopic (exact) mass is 233 g/mol. The second-order valence-electron chi connectivity index (χ2n) is 4.50. The molecule has 0 radical (unpaired) electrons. The third kappa shape index (κ3) is 3.56. The SMILES string of the molecule is CC(=O)N1CCC(OCc2ccccc2)CC1. The van der Waals surface area contributed by atoms with Gasteiger partial charge in [0.25, 0.3) is 0 Å². The van der Waals surface area contributed by atoms with Crippen molar-refractivity contribution in [2.24, 2.45) is 0 Å². The van der Waals surface area contributed by atoms with Crippen LogP contribution in [-0.4, -0.2) is 30.0 Å². The van der Waals surface area contributed by atoms with Crippen molar-refractivity contribution in [3.8, 4) is 0 Å². The van der Waals surface area contributed by atoms with Crippen LogP contribution >= 0.6 is 0 Å². The van der Waals surface area contributed by atoms with Crippen molar-refractivity contribution < 1.29 is 9.53 Å². The molecule has 0 atom stereocenters. The maximum Gasteiger partial charge on any atom is 0.219 e. The Morgan fingerprint density at radius 1 is 1.29 bits per heavy atom. The number of rotatable bonds is 3. The summed E-state index contributed by atoms with van der Waals surface area (Å²) >= 11 is 0. The Morgan fingerprint density at radius 3 is 2.53 bits per heavy atom. The molecule has 92 valence electrons. The lowest BCUT2D eigenvalue weighted by molar-refractivity contribution is -0.131. The second-order valence-corrected chi connectivity index (χ2v) is 4.50. The molecule has 1 aliphatic rings. The van der Waals surface area contributed by atoms with Crippen LogP contribution in [0.15, 0.2) is 30.3 Å². The fraction of sp³-hybridized carbons (Fsp3) is 0.500. The lowest BCUT2D eigenvalue weighted by atomic mass is 10.1. The number of nitrogens with zero attached hydrogens (tertiary/aromatic N) is 1. The van der Waals surface area contributed by atoms with Crippen LogP contribution in [0, 0.1) is 0 Å². The minimum atomic E-state index is 0.173. The average Bonchev–Trinajstić information content (AvgIpc) is 2.38. The van der Waals surface area contributed by atoms with Crippen molar-refractivity contribution in [3.63, 3.8) is 0 Å². The van der Waals surface area contributed by atoms with E-state index in [0.717, 1.165) is 25.9 Å². The lowest BCUT2D eigenvalue weighted by Crippen LogP contribution is -2.39. The topological polar surface area (TPSA) is 29.5 Å². The van der Waals surface area contributed by atoms with E-state index in [1.54, 1.807) is 6.92 Å². The Morgan fingerprint density at radius 2 is 1.94 bits per heavy atom. The highest BCUT2D eigenvalue weighted by Crippen LogP contribution is 2.15. The van der Waals surface area contributed by atoms with E-state index in [2.05, 4.69) is 12.1 Å². The van der Waals surface area contributed by atoms with E-state index in [-0.39, 0.29) is 5.91 Å². The summed E-state index contributed by atoms with van der Waals surface area (Å²) in [5.74, 6) is 0.173. The minimum absolute atomic E-state index is 0.173. The molecule has 0 unspecified atom stereocenters. The Balaban J connectivity index is 1.74. The average molecular weight is 233 g/mol. The number of carbonyl (C=O) groups is 1. The molecule has 1 heterocycles. The van der Waals surface area contributed by atoms with Gasteiger partial charge in [-0.1, -0.05) is 30.3 Å². The Labute approximate surface area is 102 Å². The van der Waals surface area contributed by atoms with Crippen molar-refractivity contribution in [1.82, 2.24) is 4.90 Å². The zero-order valence-electron chi connectivity index (χ0n) is 10.3. The Hall–Kier alpha value is -1.35. The van der Waals surface area contributed by atoms with Gasteiger partial charge in [-0.15, -0.1) is 0 Å². The van der Waals surface area contributed by atoms with Crippen LogP contribution in [0.4, 0.5) is 0 Å². The van der Waals surface area contributed by atoms with Gasteiger partial charge in [-0.05, 0) is 18.4 Å². The van der Waals surface area contributed by atoms with E-state index in [0.29, 0.717) is 12.7 Å². The van der Waals surface area contributed by atoms with Gasteiger partial charge in [0.05, 0.1) is 12.7 Å². The first kappa shape index (κ1) is 12.1. The van der Waals surface area contributed by atoms with Gasteiger partial charge in [-0.25, -0.2) is 0 Å². The van der Waals surface area contributed by atoms with Gasteiger partial charge in [0.15, 0.2) is 0 Å². The van der Waals surface area contributed by atoms with Gasteiger partial charge in [-0.3, -0.25) is 4.79 Å². The molecular formula is C14H19NO2. The van der Waals surface area contributed by atoms with E-state index in [1.165, 1.54) is 5.56 Å². The Kier molecular flexibility index (Phi) is 4.15. The molecule has 1 aliphatic heterocycles. The van der Waals surface area contributed by atoms with Crippen LogP contribution in [0.5, 0.6) is 0 Å². The number of likely N-dealkylation sites (tertiary alicyclic amines) is 1. The molecule has 3 heteroatoms. The molecule has 2 rings (SSSR count). The third-order valence-electron chi connectivity index (χ3n) is 3.22. The summed E-state index contributed by atoms with van der Waals surface area (Å²) in [5.41, 5.74) is 1.21. The maximum absolute atomic E-state index is 11.2. The fourth-order valence-corrected chi connectivity index (χ4v) is 2.13. The number of carbonyl (C=O) groups excluding carboxylic acids is 1. The molecule has 0 bridgehead atoms. The molecule has 0 saturated carbocycles. The maximum atomic E-state index is 11.2. The molecule has 0 aromatic heterocycles. The summed E-state index contributed by atoms with van der Waals surface area (Å²) in [5, 5.41) is 0. The first-order valence-electron chi connectivity index (χ1n) is 6.17. The quantitative estimate of drug-likeness (QED) is 0.801. The highest BCUT2D eigenvalue weighted by Gasteiger charge is 2.20. The number of amides is 1. The van der Waals surface area contributed by atoms with Crippen LogP contribution in [0.2, 0.25) is 0 Å². The summed E-state index contributed by atoms with van der Waals surface area (Å²) < 4.78 is 5.86. The molecule has 3 nitrogen and oxygen atoms in total. The van der Waals surface area contributed by atoms with Crippen molar-refractivity contribution in [1.29, 1.82) is 0 Å². The first-order valence-corrected chi connectivity index (χ1v) is 6.17. The molecule has 1 aromatic rings. The summed E-state index contributed by atoms with van der Waals surface area (Å²) in [7, 11) is 0. The molecule has 0 N–H and O–H groups in total. The van der Waals surface area contributed by atoms with E-state index in [4.69, 9.17) is 4.74 Å². The molecule has 1 aromatic carbocycles. The van der Waals surface area contributed by atoms with Gasteiger partial charge >= 0.3 is 0 Å². The predicted octanol–water partition coefficient (Wildman–Crippen LogP) is 2.21. The summed E-state index contributed by atoms with van der Waals surface area (Å²) in [4.78, 5) is 13.1. The summed E-state index contributed by atoms with van der Waals surface area (Å²) in [6.07, 6.45) is 2.20. The molecule has 17 heavy (non-hydrogen) atoms. The zero-order chi connectivity index (χ0) is 12.1. The number of ether oxygens (including phenoxy) is 1. The number of hydrogen-bond acceptors (Lipinski definition) is 2. The normalized spacial score (nSPS) is 17.1. The molecule has 1 fully saturated rings. The standard InChI is InChI=1S/C14H19NO2/c1-12(16)15-9-7-14(8-10-15)17-11-13-5-3-2-4-6-13/h2-6,14H,7-11H2,1H3. The molecule has 0 aliphatic carbocycles. The largest absolute Gasteiger partial charge is 0.373 e. The minimum Gasteiger partial charge on any atom is -0.373 e. The highest BCUT2D eigenvalue weighted by atomic mass is 16.5. The van der Waals surface area contributed by atoms with E-state index in [1.807, 2.05) is 23.1 Å². The van der Waals surface area contributed by atoms with Crippen LogP contribution in [-0.2, 0) is 16.1 Å². The van der Waals surface area contributed by atoms with E-state index in [9.17, 15) is 4.79 Å². The van der Waals surface area contributed by atoms with Crippen LogP contribution < -0.4 is 0 Å². The van der Waals surface area contributed by atoms with E-state index >= 15 is 0 Å². The highest BCUT2D eigenvalue weighted by molar-refractivity contribution is 5.73. The van der Waals surface area contributed by atoms with Crippen molar-refractivity contribution in [3.05, 3.63) is 35.9 Å². The van der Waals surface area contributed by atoms with Gasteiger partial charge in [0.1, 0.15) is 0 Å². The third-order valence-corrected chi connectivity index (χ3v) is 3.22. The molecule has 1 amide bonds. The van der Waals surface area contributed by atoms with Crippen LogP contribution in [0.3, 0.4) is 0 Å². The van der Waals surface area contributed by atoms with Gasteiger partial charge in [0, 0.05) is 20.0 Å². The molecule has 1 saturated heterocycles. The van der Waals surface area contributed by atoms with Gasteiger partial charge in [-0.2, -0.15) is 0 Å². The smallest absolute Gasteiger partial charge is 0.219 e. The van der Waals surface area contributed by atoms with Crippen molar-refractivity contribution in [2.75, 3.05) is 13.1 Å². The summed E-state index contributed by atoms with van der Waals surface area (Å²) in [6, 6.07) is 10.2. The molecular weight excluding hydrogens is 214 g/mol. The lowest BCUT2D eigenvalue weighted by Gasteiger charge is -2.31. The van der Waals surface area contributed by atoms with Gasteiger partial charge < -0.3 is 9.64 Å². The zero-order valence-corrected chi connectivity index (χ0v) is 10.3. The van der Waals surface area contributed by atoms with Crippen molar-refractivity contribution >= 4 is 5.91 Å². The number of hydrogen-bond donors (Lipinski definition) is 0.